The number of ether oxygens (including phenoxy) is 2. The van der Waals surface area contributed by atoms with E-state index in [-0.39, 0.29) is 6.04 Å². The number of benzene rings is 1. The molecule has 1 atom stereocenters. The monoisotopic (exact) mass is 251 g/mol. The smallest absolute Gasteiger partial charge is 0.119 e. The van der Waals surface area contributed by atoms with Crippen LogP contribution in [0.4, 0.5) is 0 Å². The molecule has 1 unspecified atom stereocenters. The van der Waals surface area contributed by atoms with Crippen molar-refractivity contribution in [1.29, 1.82) is 0 Å². The minimum atomic E-state index is 0.135. The van der Waals surface area contributed by atoms with Gasteiger partial charge in [-0.25, -0.2) is 0 Å². The summed E-state index contributed by atoms with van der Waals surface area (Å²) in [6.07, 6.45) is 0.942. The minimum Gasteiger partial charge on any atom is -0.491 e. The molecule has 0 aliphatic rings. The summed E-state index contributed by atoms with van der Waals surface area (Å²) in [5.41, 5.74) is 7.07. The zero-order valence-electron chi connectivity index (χ0n) is 11.7. The van der Waals surface area contributed by atoms with Gasteiger partial charge in [-0.05, 0) is 30.0 Å². The van der Waals surface area contributed by atoms with Crippen molar-refractivity contribution >= 4 is 0 Å². The molecule has 0 amide bonds. The Morgan fingerprint density at radius 1 is 1.11 bits per heavy atom. The molecule has 1 rings (SSSR count). The van der Waals surface area contributed by atoms with Crippen LogP contribution in [-0.4, -0.2) is 25.9 Å². The van der Waals surface area contributed by atoms with Gasteiger partial charge in [0, 0.05) is 6.04 Å². The van der Waals surface area contributed by atoms with E-state index in [9.17, 15) is 0 Å². The topological polar surface area (TPSA) is 44.5 Å². The fourth-order valence-corrected chi connectivity index (χ4v) is 1.52. The van der Waals surface area contributed by atoms with Crippen LogP contribution in [0.25, 0.3) is 0 Å². The predicted molar refractivity (Wildman–Crippen MR) is 75.1 cm³/mol. The molecule has 0 aromatic heterocycles. The third-order valence-corrected chi connectivity index (χ3v) is 2.90. The average molecular weight is 251 g/mol. The summed E-state index contributed by atoms with van der Waals surface area (Å²) in [4.78, 5) is 0. The van der Waals surface area contributed by atoms with E-state index in [4.69, 9.17) is 15.2 Å². The molecular formula is C15H25NO2. The van der Waals surface area contributed by atoms with Crippen LogP contribution in [-0.2, 0) is 4.74 Å². The lowest BCUT2D eigenvalue weighted by molar-refractivity contribution is 0.0897. The van der Waals surface area contributed by atoms with Crippen LogP contribution in [0.3, 0.4) is 0 Å². The molecule has 0 heterocycles. The van der Waals surface area contributed by atoms with Crippen LogP contribution in [0.15, 0.2) is 24.3 Å². The zero-order valence-corrected chi connectivity index (χ0v) is 11.7. The lowest BCUT2D eigenvalue weighted by Gasteiger charge is -2.11. The van der Waals surface area contributed by atoms with E-state index in [1.807, 2.05) is 12.1 Å². The highest BCUT2D eigenvalue weighted by molar-refractivity contribution is 5.28. The van der Waals surface area contributed by atoms with Crippen LogP contribution in [0.2, 0.25) is 0 Å². The Balaban J connectivity index is 2.19. The van der Waals surface area contributed by atoms with Crippen LogP contribution in [0.5, 0.6) is 5.75 Å². The Kier molecular flexibility index (Phi) is 6.76. The molecule has 0 aliphatic carbocycles. The number of hydrogen-bond acceptors (Lipinski definition) is 3. The largest absolute Gasteiger partial charge is 0.491 e. The second kappa shape index (κ2) is 8.11. The Bertz CT molecular complexity index is 322. The van der Waals surface area contributed by atoms with Crippen LogP contribution < -0.4 is 10.5 Å². The lowest BCUT2D eigenvalue weighted by Crippen LogP contribution is -2.26. The van der Waals surface area contributed by atoms with Crippen molar-refractivity contribution in [2.75, 3.05) is 19.8 Å². The van der Waals surface area contributed by atoms with Gasteiger partial charge in [0.25, 0.3) is 0 Å². The fourth-order valence-electron chi connectivity index (χ4n) is 1.52. The Hall–Kier alpha value is -1.06. The van der Waals surface area contributed by atoms with Crippen molar-refractivity contribution in [2.45, 2.75) is 39.2 Å². The fraction of sp³-hybridized carbons (Fsp3) is 0.600. The highest BCUT2D eigenvalue weighted by atomic mass is 16.5. The Morgan fingerprint density at radius 2 is 1.78 bits per heavy atom. The minimum absolute atomic E-state index is 0.135. The summed E-state index contributed by atoms with van der Waals surface area (Å²) in [6.45, 7) is 8.17. The molecule has 1 aromatic carbocycles. The van der Waals surface area contributed by atoms with Gasteiger partial charge in [0.1, 0.15) is 12.4 Å². The van der Waals surface area contributed by atoms with Gasteiger partial charge in [0.2, 0.25) is 0 Å². The second-order valence-corrected chi connectivity index (χ2v) is 4.82. The van der Waals surface area contributed by atoms with E-state index in [1.165, 1.54) is 5.56 Å². The first-order valence-corrected chi connectivity index (χ1v) is 6.69. The van der Waals surface area contributed by atoms with Gasteiger partial charge in [-0.1, -0.05) is 32.9 Å². The van der Waals surface area contributed by atoms with E-state index >= 15 is 0 Å². The van der Waals surface area contributed by atoms with Crippen molar-refractivity contribution in [1.82, 2.24) is 0 Å². The van der Waals surface area contributed by atoms with Crippen LogP contribution in [0.1, 0.15) is 38.7 Å². The molecule has 0 spiro atoms. The lowest BCUT2D eigenvalue weighted by atomic mass is 10.0. The van der Waals surface area contributed by atoms with Crippen molar-refractivity contribution < 1.29 is 9.47 Å². The predicted octanol–water partition coefficient (Wildman–Crippen LogP) is 2.94. The molecule has 0 radical (unpaired) electrons. The van der Waals surface area contributed by atoms with Crippen molar-refractivity contribution in [3.8, 4) is 5.75 Å². The quantitative estimate of drug-likeness (QED) is 0.722. The van der Waals surface area contributed by atoms with E-state index in [2.05, 4.69) is 32.9 Å². The number of hydrogen-bond donors (Lipinski definition) is 1. The summed E-state index contributed by atoms with van der Waals surface area (Å²) in [5.74, 6) is 1.45. The van der Waals surface area contributed by atoms with E-state index in [1.54, 1.807) is 0 Å². The summed E-state index contributed by atoms with van der Waals surface area (Å²) < 4.78 is 11.0. The first-order chi connectivity index (χ1) is 8.63. The van der Waals surface area contributed by atoms with Gasteiger partial charge in [0.05, 0.1) is 13.2 Å². The number of nitrogens with two attached hydrogens (primary N) is 1. The van der Waals surface area contributed by atoms with E-state index < -0.39 is 0 Å². The molecular weight excluding hydrogens is 226 g/mol. The summed E-state index contributed by atoms with van der Waals surface area (Å²) >= 11 is 0. The third-order valence-electron chi connectivity index (χ3n) is 2.90. The highest BCUT2D eigenvalue weighted by Crippen LogP contribution is 2.18. The molecule has 0 bridgehead atoms. The maximum atomic E-state index is 5.75. The van der Waals surface area contributed by atoms with Gasteiger partial charge in [-0.15, -0.1) is 0 Å². The highest BCUT2D eigenvalue weighted by Gasteiger charge is 2.00. The van der Waals surface area contributed by atoms with Crippen LogP contribution in [0, 0.1) is 0 Å². The molecule has 3 nitrogen and oxygen atoms in total. The summed E-state index contributed by atoms with van der Waals surface area (Å²) in [7, 11) is 0. The standard InChI is InChI=1S/C15H25NO2/c1-4-14(16)11-17-9-10-18-15-7-5-13(6-8-15)12(2)3/h5-8,12,14H,4,9-11,16H2,1-3H3. The first-order valence-electron chi connectivity index (χ1n) is 6.69. The summed E-state index contributed by atoms with van der Waals surface area (Å²) in [6, 6.07) is 8.36. The third kappa shape index (κ3) is 5.52. The SMILES string of the molecule is CCC(N)COCCOc1ccc(C(C)C)cc1. The molecule has 0 aliphatic heterocycles. The van der Waals surface area contributed by atoms with Gasteiger partial charge < -0.3 is 15.2 Å². The van der Waals surface area contributed by atoms with Gasteiger partial charge in [-0.3, -0.25) is 0 Å². The Morgan fingerprint density at radius 3 is 2.33 bits per heavy atom. The maximum Gasteiger partial charge on any atom is 0.119 e. The molecule has 1 aromatic rings. The molecule has 2 N–H and O–H groups in total. The first kappa shape index (κ1) is 15.0. The van der Waals surface area contributed by atoms with Gasteiger partial charge in [-0.2, -0.15) is 0 Å². The molecule has 18 heavy (non-hydrogen) atoms. The van der Waals surface area contributed by atoms with Crippen molar-refractivity contribution in [3.05, 3.63) is 29.8 Å². The van der Waals surface area contributed by atoms with Gasteiger partial charge in [0.15, 0.2) is 0 Å². The van der Waals surface area contributed by atoms with Crippen molar-refractivity contribution in [3.63, 3.8) is 0 Å². The zero-order chi connectivity index (χ0) is 13.4. The average Bonchev–Trinajstić information content (AvgIpc) is 2.38. The van der Waals surface area contributed by atoms with E-state index in [0.717, 1.165) is 12.2 Å². The number of rotatable bonds is 8. The Labute approximate surface area is 110 Å². The van der Waals surface area contributed by atoms with E-state index in [0.29, 0.717) is 25.7 Å². The molecule has 0 fully saturated rings. The normalized spacial score (nSPS) is 12.7. The van der Waals surface area contributed by atoms with Gasteiger partial charge >= 0.3 is 0 Å². The molecule has 0 saturated carbocycles. The molecule has 3 heteroatoms. The molecule has 102 valence electrons. The molecule has 0 saturated heterocycles. The second-order valence-electron chi connectivity index (χ2n) is 4.82. The maximum absolute atomic E-state index is 5.75. The van der Waals surface area contributed by atoms with Crippen molar-refractivity contribution in [2.24, 2.45) is 5.73 Å². The van der Waals surface area contributed by atoms with Crippen LogP contribution >= 0.6 is 0 Å². The summed E-state index contributed by atoms with van der Waals surface area (Å²) in [5, 5.41) is 0.